The molecule has 1 atom stereocenters. The topological polar surface area (TPSA) is 72.3 Å². The first-order valence-corrected chi connectivity index (χ1v) is 8.15. The zero-order valence-corrected chi connectivity index (χ0v) is 14.1. The summed E-state index contributed by atoms with van der Waals surface area (Å²) >= 11 is 0. The van der Waals surface area contributed by atoms with E-state index in [0.717, 1.165) is 28.3 Å². The number of hydrogen-bond donors (Lipinski definition) is 1. The first-order chi connectivity index (χ1) is 12.2. The van der Waals surface area contributed by atoms with Crippen molar-refractivity contribution in [3.05, 3.63) is 72.4 Å². The number of rotatable bonds is 4. The lowest BCUT2D eigenvalue weighted by atomic mass is 10.1. The first-order valence-electron chi connectivity index (χ1n) is 8.15. The molecule has 0 fully saturated rings. The molecule has 0 saturated carbocycles. The normalized spacial score (nSPS) is 12.2. The summed E-state index contributed by atoms with van der Waals surface area (Å²) in [7, 11) is 0. The summed E-state index contributed by atoms with van der Waals surface area (Å²) in [6.07, 6.45) is 5.65. The maximum atomic E-state index is 4.53. The van der Waals surface area contributed by atoms with E-state index in [0.29, 0.717) is 0 Å². The van der Waals surface area contributed by atoms with Gasteiger partial charge in [0.25, 0.3) is 0 Å². The lowest BCUT2D eigenvalue weighted by Gasteiger charge is -2.12. The largest absolute Gasteiger partial charge is 0.330 e. The molecule has 0 aliphatic rings. The fraction of sp³-hybridized carbons (Fsp3) is 0.158. The number of H-pyrrole nitrogens is 1. The second-order valence-corrected chi connectivity index (χ2v) is 5.98. The average molecular weight is 330 g/mol. The van der Waals surface area contributed by atoms with E-state index in [9.17, 15) is 0 Å². The molecule has 3 heterocycles. The molecule has 6 heteroatoms. The van der Waals surface area contributed by atoms with Crippen LogP contribution in [-0.4, -0.2) is 29.9 Å². The maximum absolute atomic E-state index is 4.53. The van der Waals surface area contributed by atoms with Crippen molar-refractivity contribution in [1.82, 2.24) is 29.9 Å². The first kappa shape index (κ1) is 15.3. The number of nitrogens with one attached hydrogen (secondary N) is 1. The molecule has 0 bridgehead atoms. The molecule has 4 aromatic rings. The Hall–Kier alpha value is -3.28. The molecule has 124 valence electrons. The lowest BCUT2D eigenvalue weighted by Crippen LogP contribution is -2.03. The number of aryl methyl sites for hydroxylation is 1. The van der Waals surface area contributed by atoms with Crippen LogP contribution in [0.3, 0.4) is 0 Å². The highest BCUT2D eigenvalue weighted by atomic mass is 15.3. The molecule has 0 spiro atoms. The molecule has 0 aliphatic carbocycles. The van der Waals surface area contributed by atoms with Crippen LogP contribution in [-0.2, 0) is 0 Å². The maximum Gasteiger partial charge on any atom is 0.115 e. The van der Waals surface area contributed by atoms with Gasteiger partial charge in [0.05, 0.1) is 23.8 Å². The minimum Gasteiger partial charge on any atom is -0.330 e. The number of aromatic nitrogens is 6. The summed E-state index contributed by atoms with van der Waals surface area (Å²) in [5.41, 5.74) is 5.57. The second-order valence-electron chi connectivity index (χ2n) is 5.98. The number of aromatic amines is 1. The minimum atomic E-state index is 0.211. The number of benzene rings is 1. The van der Waals surface area contributed by atoms with E-state index in [4.69, 9.17) is 0 Å². The highest BCUT2D eigenvalue weighted by molar-refractivity contribution is 5.67. The van der Waals surface area contributed by atoms with Gasteiger partial charge >= 0.3 is 0 Å². The smallest absolute Gasteiger partial charge is 0.115 e. The lowest BCUT2D eigenvalue weighted by molar-refractivity contribution is 0.638. The van der Waals surface area contributed by atoms with E-state index in [2.05, 4.69) is 61.1 Å². The predicted octanol–water partition coefficient (Wildman–Crippen LogP) is 3.65. The minimum absolute atomic E-state index is 0.211. The van der Waals surface area contributed by atoms with Crippen LogP contribution in [0, 0.1) is 6.92 Å². The monoisotopic (exact) mass is 330 g/mol. The van der Waals surface area contributed by atoms with E-state index < -0.39 is 0 Å². The second kappa shape index (κ2) is 6.32. The Kier molecular flexibility index (Phi) is 3.85. The Balaban J connectivity index is 1.66. The summed E-state index contributed by atoms with van der Waals surface area (Å²) in [4.78, 5) is 8.99. The Bertz CT molecular complexity index is 986. The quantitative estimate of drug-likeness (QED) is 0.620. The fourth-order valence-corrected chi connectivity index (χ4v) is 2.86. The van der Waals surface area contributed by atoms with E-state index in [-0.39, 0.29) is 6.04 Å². The van der Waals surface area contributed by atoms with Crippen molar-refractivity contribution in [3.8, 4) is 22.6 Å². The van der Waals surface area contributed by atoms with Gasteiger partial charge in [0, 0.05) is 18.0 Å². The zero-order chi connectivity index (χ0) is 17.2. The van der Waals surface area contributed by atoms with Gasteiger partial charge in [0.15, 0.2) is 0 Å². The van der Waals surface area contributed by atoms with Gasteiger partial charge in [0.1, 0.15) is 11.4 Å². The molecular formula is C19H18N6. The molecule has 25 heavy (non-hydrogen) atoms. The van der Waals surface area contributed by atoms with Crippen molar-refractivity contribution < 1.29 is 0 Å². The molecule has 0 amide bonds. The average Bonchev–Trinajstić information content (AvgIpc) is 3.31. The van der Waals surface area contributed by atoms with Gasteiger partial charge in [-0.05, 0) is 31.5 Å². The van der Waals surface area contributed by atoms with Crippen molar-refractivity contribution in [2.75, 3.05) is 0 Å². The van der Waals surface area contributed by atoms with Crippen molar-refractivity contribution in [3.63, 3.8) is 0 Å². The summed E-state index contributed by atoms with van der Waals surface area (Å²) in [5.74, 6) is 0. The van der Waals surface area contributed by atoms with E-state index >= 15 is 0 Å². The van der Waals surface area contributed by atoms with Crippen molar-refractivity contribution in [2.45, 2.75) is 19.9 Å². The van der Waals surface area contributed by atoms with E-state index in [1.54, 1.807) is 6.20 Å². The van der Waals surface area contributed by atoms with Gasteiger partial charge in [-0.3, -0.25) is 4.98 Å². The SMILES string of the molecule is Cc1n[nH]nc1-c1ccnc(-c2cn(C(C)c3ccccc3)cn2)c1. The molecule has 1 unspecified atom stereocenters. The molecular weight excluding hydrogens is 312 g/mol. The van der Waals surface area contributed by atoms with Crippen LogP contribution in [0.1, 0.15) is 24.2 Å². The van der Waals surface area contributed by atoms with Crippen LogP contribution >= 0.6 is 0 Å². The van der Waals surface area contributed by atoms with Gasteiger partial charge < -0.3 is 4.57 Å². The van der Waals surface area contributed by atoms with Crippen LogP contribution in [0.4, 0.5) is 0 Å². The van der Waals surface area contributed by atoms with Gasteiger partial charge in [-0.15, -0.1) is 0 Å². The molecule has 4 rings (SSSR count). The van der Waals surface area contributed by atoms with Gasteiger partial charge in [0.2, 0.25) is 0 Å². The summed E-state index contributed by atoms with van der Waals surface area (Å²) in [5, 5.41) is 10.9. The van der Waals surface area contributed by atoms with Crippen LogP contribution in [0.2, 0.25) is 0 Å². The van der Waals surface area contributed by atoms with Gasteiger partial charge in [-0.2, -0.15) is 15.4 Å². The fourth-order valence-electron chi connectivity index (χ4n) is 2.86. The molecule has 1 N–H and O–H groups in total. The number of nitrogens with zero attached hydrogens (tertiary/aromatic N) is 5. The molecule has 0 saturated heterocycles. The molecule has 3 aromatic heterocycles. The van der Waals surface area contributed by atoms with Gasteiger partial charge in [-0.25, -0.2) is 4.98 Å². The van der Waals surface area contributed by atoms with E-state index in [1.807, 2.05) is 37.6 Å². The summed E-state index contributed by atoms with van der Waals surface area (Å²) < 4.78 is 2.10. The summed E-state index contributed by atoms with van der Waals surface area (Å²) in [6.45, 7) is 4.08. The Morgan fingerprint density at radius 2 is 1.84 bits per heavy atom. The molecule has 1 aromatic carbocycles. The van der Waals surface area contributed by atoms with Crippen molar-refractivity contribution in [2.24, 2.45) is 0 Å². The highest BCUT2D eigenvalue weighted by Crippen LogP contribution is 2.25. The van der Waals surface area contributed by atoms with Crippen molar-refractivity contribution >= 4 is 0 Å². The molecule has 0 aliphatic heterocycles. The Morgan fingerprint density at radius 1 is 1.00 bits per heavy atom. The van der Waals surface area contributed by atoms with Crippen LogP contribution in [0.25, 0.3) is 22.6 Å². The predicted molar refractivity (Wildman–Crippen MR) is 95.8 cm³/mol. The Labute approximate surface area is 145 Å². The number of pyridine rings is 1. The third kappa shape index (κ3) is 2.94. The van der Waals surface area contributed by atoms with Crippen molar-refractivity contribution in [1.29, 1.82) is 0 Å². The zero-order valence-electron chi connectivity index (χ0n) is 14.1. The summed E-state index contributed by atoms with van der Waals surface area (Å²) in [6, 6.07) is 14.5. The van der Waals surface area contributed by atoms with Crippen LogP contribution in [0.5, 0.6) is 0 Å². The number of hydrogen-bond acceptors (Lipinski definition) is 4. The van der Waals surface area contributed by atoms with E-state index in [1.165, 1.54) is 5.56 Å². The van der Waals surface area contributed by atoms with Crippen LogP contribution < -0.4 is 0 Å². The Morgan fingerprint density at radius 3 is 2.60 bits per heavy atom. The third-order valence-corrected chi connectivity index (χ3v) is 4.35. The number of imidazole rings is 1. The molecule has 6 nitrogen and oxygen atoms in total. The highest BCUT2D eigenvalue weighted by Gasteiger charge is 2.12. The molecule has 0 radical (unpaired) electrons. The standard InChI is InChI=1S/C19H18N6/c1-13-19(23-24-22-13)16-8-9-20-17(10-16)18-11-25(12-21-18)14(2)15-6-4-3-5-7-15/h3-12,14H,1-2H3,(H,22,23,24). The van der Waals surface area contributed by atoms with Crippen LogP contribution in [0.15, 0.2) is 61.2 Å². The van der Waals surface area contributed by atoms with Gasteiger partial charge in [-0.1, -0.05) is 30.3 Å². The third-order valence-electron chi connectivity index (χ3n) is 4.35.